The van der Waals surface area contributed by atoms with Crippen LogP contribution in [0.25, 0.3) is 0 Å². The fourth-order valence-electron chi connectivity index (χ4n) is 2.58. The lowest BCUT2D eigenvalue weighted by Crippen LogP contribution is -2.41. The maximum Gasteiger partial charge on any atom is 0.133 e. The van der Waals surface area contributed by atoms with Crippen molar-refractivity contribution in [3.8, 4) is 0 Å². The van der Waals surface area contributed by atoms with Crippen molar-refractivity contribution in [3.05, 3.63) is 23.9 Å². The van der Waals surface area contributed by atoms with Gasteiger partial charge in [-0.05, 0) is 32.3 Å². The van der Waals surface area contributed by atoms with Crippen LogP contribution in [0.2, 0.25) is 0 Å². The molecule has 0 amide bonds. The van der Waals surface area contributed by atoms with Crippen molar-refractivity contribution in [2.75, 3.05) is 24.6 Å². The fourth-order valence-corrected chi connectivity index (χ4v) is 2.58. The number of anilines is 1. The van der Waals surface area contributed by atoms with Crippen LogP contribution in [0.3, 0.4) is 0 Å². The van der Waals surface area contributed by atoms with E-state index in [1.54, 1.807) is 0 Å². The molecule has 2 heterocycles. The molecule has 0 aromatic carbocycles. The summed E-state index contributed by atoms with van der Waals surface area (Å²) in [6.07, 6.45) is 5.56. The molecular formula is C15H25N3O. The Balaban J connectivity index is 2.08. The summed E-state index contributed by atoms with van der Waals surface area (Å²) in [5.41, 5.74) is 7.16. The van der Waals surface area contributed by atoms with Gasteiger partial charge in [-0.15, -0.1) is 0 Å². The fraction of sp³-hybridized carbons (Fsp3) is 0.667. The monoisotopic (exact) mass is 263 g/mol. The summed E-state index contributed by atoms with van der Waals surface area (Å²) >= 11 is 0. The molecule has 1 fully saturated rings. The van der Waals surface area contributed by atoms with Gasteiger partial charge < -0.3 is 15.4 Å². The maximum atomic E-state index is 6.04. The highest BCUT2D eigenvalue weighted by Crippen LogP contribution is 2.26. The lowest BCUT2D eigenvalue weighted by molar-refractivity contribution is 0.0439. The highest BCUT2D eigenvalue weighted by Gasteiger charge is 2.23. The molecule has 4 heteroatoms. The number of hydrogen-bond acceptors (Lipinski definition) is 4. The summed E-state index contributed by atoms with van der Waals surface area (Å²) in [4.78, 5) is 6.85. The Kier molecular flexibility index (Phi) is 5.16. The average molecular weight is 263 g/mol. The third-order valence-corrected chi connectivity index (χ3v) is 3.54. The predicted molar refractivity (Wildman–Crippen MR) is 78.3 cm³/mol. The summed E-state index contributed by atoms with van der Waals surface area (Å²) in [6, 6.07) is 4.04. The topological polar surface area (TPSA) is 51.4 Å². The van der Waals surface area contributed by atoms with Crippen molar-refractivity contribution in [3.63, 3.8) is 0 Å². The Labute approximate surface area is 116 Å². The lowest BCUT2D eigenvalue weighted by atomic mass is 10.1. The Hall–Kier alpha value is -1.13. The third-order valence-electron chi connectivity index (χ3n) is 3.54. The van der Waals surface area contributed by atoms with Gasteiger partial charge >= 0.3 is 0 Å². The van der Waals surface area contributed by atoms with Gasteiger partial charge in [0.05, 0.1) is 6.10 Å². The van der Waals surface area contributed by atoms with Crippen molar-refractivity contribution in [1.82, 2.24) is 4.98 Å². The van der Waals surface area contributed by atoms with E-state index in [9.17, 15) is 0 Å². The van der Waals surface area contributed by atoms with E-state index in [4.69, 9.17) is 10.5 Å². The molecule has 0 aliphatic carbocycles. The minimum absolute atomic E-state index is 0.0145. The molecule has 1 saturated heterocycles. The van der Waals surface area contributed by atoms with Crippen molar-refractivity contribution in [2.24, 2.45) is 5.73 Å². The first-order valence-electron chi connectivity index (χ1n) is 7.29. The van der Waals surface area contributed by atoms with Gasteiger partial charge in [0.1, 0.15) is 5.82 Å². The minimum Gasteiger partial charge on any atom is -0.376 e. The minimum atomic E-state index is 0.0145. The average Bonchev–Trinajstić information content (AvgIpc) is 2.45. The second-order valence-electron chi connectivity index (χ2n) is 5.29. The predicted octanol–water partition coefficient (Wildman–Crippen LogP) is 2.50. The molecule has 2 rings (SSSR count). The van der Waals surface area contributed by atoms with E-state index in [0.717, 1.165) is 50.3 Å². The van der Waals surface area contributed by atoms with Gasteiger partial charge in [0, 0.05) is 37.5 Å². The largest absolute Gasteiger partial charge is 0.376 e. The van der Waals surface area contributed by atoms with Crippen LogP contribution in [0.4, 0.5) is 5.82 Å². The number of pyridine rings is 1. The van der Waals surface area contributed by atoms with Crippen LogP contribution in [0.1, 0.15) is 44.7 Å². The highest BCUT2D eigenvalue weighted by molar-refractivity contribution is 5.48. The van der Waals surface area contributed by atoms with Crippen molar-refractivity contribution in [2.45, 2.75) is 45.3 Å². The summed E-state index contributed by atoms with van der Waals surface area (Å²) in [5.74, 6) is 1.03. The molecule has 106 valence electrons. The molecule has 0 saturated carbocycles. The number of nitrogens with zero attached hydrogens (tertiary/aromatic N) is 2. The number of piperidine rings is 1. The molecule has 1 aliphatic heterocycles. The molecule has 1 aliphatic rings. The molecule has 4 nitrogen and oxygen atoms in total. The molecule has 1 unspecified atom stereocenters. The van der Waals surface area contributed by atoms with Crippen molar-refractivity contribution < 1.29 is 4.74 Å². The number of hydrogen-bond donors (Lipinski definition) is 1. The van der Waals surface area contributed by atoms with E-state index in [1.807, 2.05) is 19.2 Å². The second-order valence-corrected chi connectivity index (χ2v) is 5.29. The Bertz CT molecular complexity index is 395. The SMILES string of the molecule is CCCOC1CCCN(c2ncccc2[C@H](C)N)C1. The first-order chi connectivity index (χ1) is 9.22. The second kappa shape index (κ2) is 6.87. The van der Waals surface area contributed by atoms with Gasteiger partial charge in [0.15, 0.2) is 0 Å². The van der Waals surface area contributed by atoms with Crippen LogP contribution in [0.5, 0.6) is 0 Å². The van der Waals surface area contributed by atoms with Crippen molar-refractivity contribution in [1.29, 1.82) is 0 Å². The molecule has 0 spiro atoms. The summed E-state index contributed by atoms with van der Waals surface area (Å²) < 4.78 is 5.88. The van der Waals surface area contributed by atoms with E-state index >= 15 is 0 Å². The zero-order valence-electron chi connectivity index (χ0n) is 12.0. The first-order valence-corrected chi connectivity index (χ1v) is 7.29. The molecule has 1 aromatic rings. The smallest absolute Gasteiger partial charge is 0.133 e. The maximum absolute atomic E-state index is 6.04. The molecule has 2 N–H and O–H groups in total. The lowest BCUT2D eigenvalue weighted by Gasteiger charge is -2.34. The Morgan fingerprint density at radius 3 is 3.16 bits per heavy atom. The zero-order valence-corrected chi connectivity index (χ0v) is 12.0. The van der Waals surface area contributed by atoms with E-state index < -0.39 is 0 Å². The van der Waals surface area contributed by atoms with Crippen LogP contribution in [-0.4, -0.2) is 30.8 Å². The van der Waals surface area contributed by atoms with Gasteiger partial charge in [-0.2, -0.15) is 0 Å². The van der Waals surface area contributed by atoms with Crippen molar-refractivity contribution >= 4 is 5.82 Å². The molecule has 19 heavy (non-hydrogen) atoms. The molecule has 2 atom stereocenters. The standard InChI is InChI=1S/C15H25N3O/c1-3-10-19-13-6-5-9-18(11-13)15-14(12(2)16)7-4-8-17-15/h4,7-8,12-13H,3,5-6,9-11,16H2,1-2H3/t12-,13?/m0/s1. The number of aromatic nitrogens is 1. The molecule has 1 aromatic heterocycles. The van der Waals surface area contributed by atoms with E-state index in [1.165, 1.54) is 0 Å². The van der Waals surface area contributed by atoms with Gasteiger partial charge in [-0.25, -0.2) is 4.98 Å². The Morgan fingerprint density at radius 2 is 2.42 bits per heavy atom. The normalized spacial score (nSPS) is 21.4. The van der Waals surface area contributed by atoms with Crippen LogP contribution >= 0.6 is 0 Å². The van der Waals surface area contributed by atoms with Gasteiger partial charge in [0.2, 0.25) is 0 Å². The quantitative estimate of drug-likeness (QED) is 0.887. The van der Waals surface area contributed by atoms with Crippen LogP contribution in [0.15, 0.2) is 18.3 Å². The highest BCUT2D eigenvalue weighted by atomic mass is 16.5. The first kappa shape index (κ1) is 14.3. The Morgan fingerprint density at radius 1 is 1.58 bits per heavy atom. The molecule has 0 bridgehead atoms. The van der Waals surface area contributed by atoms with Crippen LogP contribution in [-0.2, 0) is 4.74 Å². The molecular weight excluding hydrogens is 238 g/mol. The van der Waals surface area contributed by atoms with E-state index in [0.29, 0.717) is 6.10 Å². The van der Waals surface area contributed by atoms with Gasteiger partial charge in [-0.1, -0.05) is 13.0 Å². The molecule has 0 radical (unpaired) electrons. The van der Waals surface area contributed by atoms with Gasteiger partial charge in [-0.3, -0.25) is 0 Å². The van der Waals surface area contributed by atoms with E-state index in [-0.39, 0.29) is 6.04 Å². The summed E-state index contributed by atoms with van der Waals surface area (Å²) in [5, 5.41) is 0. The summed E-state index contributed by atoms with van der Waals surface area (Å²) in [7, 11) is 0. The summed E-state index contributed by atoms with van der Waals surface area (Å²) in [6.45, 7) is 6.98. The number of ether oxygens (including phenoxy) is 1. The van der Waals surface area contributed by atoms with E-state index in [2.05, 4.69) is 22.9 Å². The van der Waals surface area contributed by atoms with Gasteiger partial charge in [0.25, 0.3) is 0 Å². The number of rotatable bonds is 5. The van der Waals surface area contributed by atoms with Crippen LogP contribution in [0, 0.1) is 0 Å². The zero-order chi connectivity index (χ0) is 13.7. The third kappa shape index (κ3) is 3.67. The number of nitrogens with two attached hydrogens (primary N) is 1. The van der Waals surface area contributed by atoms with Crippen LogP contribution < -0.4 is 10.6 Å².